The van der Waals surface area contributed by atoms with Crippen molar-refractivity contribution in [2.24, 2.45) is 0 Å². The first kappa shape index (κ1) is 25.1. The molecule has 1 saturated heterocycles. The molecular formula is C25H31FN6O2S. The summed E-state index contributed by atoms with van der Waals surface area (Å²) in [5, 5.41) is 7.79. The molecule has 1 N–H and O–H groups in total. The first-order chi connectivity index (χ1) is 16.8. The molecule has 186 valence electrons. The highest BCUT2D eigenvalue weighted by Crippen LogP contribution is 2.31. The molecule has 0 radical (unpaired) electrons. The Balaban J connectivity index is 1.79. The Hall–Kier alpha value is -2.98. The number of hydrogen-bond acceptors (Lipinski definition) is 7. The maximum Gasteiger partial charge on any atom is 0.279 e. The zero-order chi connectivity index (χ0) is 25.1. The Labute approximate surface area is 208 Å². The van der Waals surface area contributed by atoms with E-state index in [1.165, 1.54) is 16.6 Å². The lowest BCUT2D eigenvalue weighted by Gasteiger charge is -2.23. The lowest BCUT2D eigenvalue weighted by Crippen LogP contribution is -2.34. The van der Waals surface area contributed by atoms with E-state index in [0.717, 1.165) is 42.5 Å². The van der Waals surface area contributed by atoms with E-state index in [2.05, 4.69) is 16.9 Å². The number of anilines is 1. The van der Waals surface area contributed by atoms with Gasteiger partial charge in [-0.15, -0.1) is 0 Å². The monoisotopic (exact) mass is 498 g/mol. The van der Waals surface area contributed by atoms with E-state index in [-0.39, 0.29) is 24.1 Å². The SMILES string of the molecule is C=C(Cn1c(C=O)c(CN(C)C(C)C)c(=O)n2nc(C3CCSCC3)cc12)Nc1ccc(F)cn1. The Bertz CT molecular complexity index is 1280. The van der Waals surface area contributed by atoms with Gasteiger partial charge >= 0.3 is 0 Å². The third-order valence-corrected chi connectivity index (χ3v) is 7.51. The molecule has 3 aromatic heterocycles. The van der Waals surface area contributed by atoms with Crippen molar-refractivity contribution in [1.29, 1.82) is 0 Å². The van der Waals surface area contributed by atoms with Crippen LogP contribution in [0.4, 0.5) is 10.2 Å². The van der Waals surface area contributed by atoms with Crippen LogP contribution in [0.3, 0.4) is 0 Å². The lowest BCUT2D eigenvalue weighted by molar-refractivity contribution is 0.111. The summed E-state index contributed by atoms with van der Waals surface area (Å²) >= 11 is 1.93. The van der Waals surface area contributed by atoms with Gasteiger partial charge in [0, 0.05) is 30.3 Å². The van der Waals surface area contributed by atoms with Gasteiger partial charge in [0.15, 0.2) is 6.29 Å². The fourth-order valence-electron chi connectivity index (χ4n) is 4.19. The summed E-state index contributed by atoms with van der Waals surface area (Å²) in [7, 11) is 1.92. The number of allylic oxidation sites excluding steroid dienone is 1. The van der Waals surface area contributed by atoms with Gasteiger partial charge < -0.3 is 9.88 Å². The third kappa shape index (κ3) is 5.48. The van der Waals surface area contributed by atoms with Gasteiger partial charge in [-0.3, -0.25) is 14.5 Å². The van der Waals surface area contributed by atoms with Gasteiger partial charge in [-0.25, -0.2) is 9.37 Å². The molecule has 0 atom stereocenters. The molecule has 3 aromatic rings. The van der Waals surface area contributed by atoms with Crippen molar-refractivity contribution >= 4 is 29.5 Å². The largest absolute Gasteiger partial charge is 0.343 e. The smallest absolute Gasteiger partial charge is 0.279 e. The number of nitrogens with one attached hydrogen (secondary N) is 1. The normalized spacial score (nSPS) is 14.7. The fourth-order valence-corrected chi connectivity index (χ4v) is 5.30. The van der Waals surface area contributed by atoms with Crippen LogP contribution < -0.4 is 10.9 Å². The number of aromatic nitrogens is 4. The van der Waals surface area contributed by atoms with Gasteiger partial charge in [0.2, 0.25) is 0 Å². The molecule has 10 heteroatoms. The molecule has 0 amide bonds. The van der Waals surface area contributed by atoms with Crippen LogP contribution in [0.2, 0.25) is 0 Å². The number of pyridine rings is 1. The molecule has 8 nitrogen and oxygen atoms in total. The molecule has 0 unspecified atom stereocenters. The minimum absolute atomic E-state index is 0.187. The Morgan fingerprint density at radius 2 is 2.11 bits per heavy atom. The maximum absolute atomic E-state index is 13.5. The highest BCUT2D eigenvalue weighted by Gasteiger charge is 2.24. The Morgan fingerprint density at radius 1 is 1.37 bits per heavy atom. The van der Waals surface area contributed by atoms with Crippen LogP contribution >= 0.6 is 11.8 Å². The van der Waals surface area contributed by atoms with Gasteiger partial charge in [0.05, 0.1) is 29.7 Å². The standard InChI is InChI=1S/C25H31FN6O2S/c1-16(2)30(4)14-20-22(15-33)31(13-17(3)28-23-6-5-19(26)12-27-23)24-11-21(29-32(24)25(20)34)18-7-9-35-10-8-18/h5-6,11-12,15-16,18H,3,7-10,13-14H2,1-2,4H3,(H,27,28). The molecule has 0 aliphatic carbocycles. The summed E-state index contributed by atoms with van der Waals surface area (Å²) in [6.45, 7) is 8.68. The van der Waals surface area contributed by atoms with E-state index in [4.69, 9.17) is 5.10 Å². The van der Waals surface area contributed by atoms with E-state index in [1.807, 2.05) is 43.6 Å². The predicted molar refractivity (Wildman–Crippen MR) is 138 cm³/mol. The average Bonchev–Trinajstić information content (AvgIpc) is 3.30. The van der Waals surface area contributed by atoms with Crippen LogP contribution in [0.15, 0.2) is 41.5 Å². The molecular weight excluding hydrogens is 467 g/mol. The van der Waals surface area contributed by atoms with E-state index in [0.29, 0.717) is 35.0 Å². The zero-order valence-corrected chi connectivity index (χ0v) is 21.1. The summed E-state index contributed by atoms with van der Waals surface area (Å²) < 4.78 is 16.5. The molecule has 0 saturated carbocycles. The van der Waals surface area contributed by atoms with Crippen LogP contribution in [-0.2, 0) is 13.1 Å². The summed E-state index contributed by atoms with van der Waals surface area (Å²) in [6.07, 6.45) is 3.88. The summed E-state index contributed by atoms with van der Waals surface area (Å²) in [5.41, 5.74) is 2.39. The maximum atomic E-state index is 13.5. The van der Waals surface area contributed by atoms with Gasteiger partial charge in [-0.1, -0.05) is 6.58 Å². The summed E-state index contributed by atoms with van der Waals surface area (Å²) in [4.78, 5) is 31.9. The van der Waals surface area contributed by atoms with E-state index >= 15 is 0 Å². The third-order valence-electron chi connectivity index (χ3n) is 6.46. The van der Waals surface area contributed by atoms with Crippen molar-refractivity contribution in [1.82, 2.24) is 24.1 Å². The molecule has 4 rings (SSSR count). The highest BCUT2D eigenvalue weighted by atomic mass is 32.2. The van der Waals surface area contributed by atoms with Crippen molar-refractivity contribution in [3.63, 3.8) is 0 Å². The number of rotatable bonds is 9. The number of halogens is 1. The van der Waals surface area contributed by atoms with Crippen LogP contribution in [0, 0.1) is 5.82 Å². The van der Waals surface area contributed by atoms with Crippen molar-refractivity contribution in [2.75, 3.05) is 23.9 Å². The van der Waals surface area contributed by atoms with E-state index in [1.54, 1.807) is 4.57 Å². The fraction of sp³-hybridized carbons (Fsp3) is 0.440. The van der Waals surface area contributed by atoms with Crippen molar-refractivity contribution < 1.29 is 9.18 Å². The summed E-state index contributed by atoms with van der Waals surface area (Å²) in [5.74, 6) is 2.43. The highest BCUT2D eigenvalue weighted by molar-refractivity contribution is 7.99. The number of carbonyl (C=O) groups is 1. The van der Waals surface area contributed by atoms with Gasteiger partial charge in [-0.05, 0) is 57.4 Å². The number of carbonyl (C=O) groups excluding carboxylic acids is 1. The molecule has 1 fully saturated rings. The van der Waals surface area contributed by atoms with Crippen LogP contribution in [0.25, 0.3) is 5.65 Å². The average molecular weight is 499 g/mol. The predicted octanol–water partition coefficient (Wildman–Crippen LogP) is 3.92. The molecule has 0 spiro atoms. The van der Waals surface area contributed by atoms with Crippen LogP contribution in [0.1, 0.15) is 54.4 Å². The van der Waals surface area contributed by atoms with Crippen molar-refractivity contribution in [2.45, 2.75) is 51.7 Å². The van der Waals surface area contributed by atoms with Gasteiger partial charge in [0.25, 0.3) is 5.56 Å². The van der Waals surface area contributed by atoms with Crippen molar-refractivity contribution in [3.05, 3.63) is 69.8 Å². The first-order valence-electron chi connectivity index (χ1n) is 11.7. The Kier molecular flexibility index (Phi) is 7.71. The van der Waals surface area contributed by atoms with Crippen LogP contribution in [0.5, 0.6) is 0 Å². The van der Waals surface area contributed by atoms with E-state index < -0.39 is 5.82 Å². The lowest BCUT2D eigenvalue weighted by atomic mass is 9.99. The van der Waals surface area contributed by atoms with E-state index in [9.17, 15) is 14.0 Å². The minimum Gasteiger partial charge on any atom is -0.343 e. The number of nitrogens with zero attached hydrogens (tertiary/aromatic N) is 5. The number of hydrogen-bond donors (Lipinski definition) is 1. The molecule has 4 heterocycles. The molecule has 35 heavy (non-hydrogen) atoms. The van der Waals surface area contributed by atoms with Gasteiger partial charge in [-0.2, -0.15) is 21.4 Å². The number of thioether (sulfide) groups is 1. The first-order valence-corrected chi connectivity index (χ1v) is 12.9. The molecule has 1 aliphatic heterocycles. The Morgan fingerprint density at radius 3 is 2.74 bits per heavy atom. The quantitative estimate of drug-likeness (QED) is 0.448. The minimum atomic E-state index is -0.432. The second kappa shape index (κ2) is 10.7. The van der Waals surface area contributed by atoms with Gasteiger partial charge in [0.1, 0.15) is 17.3 Å². The zero-order valence-electron chi connectivity index (χ0n) is 20.3. The topological polar surface area (TPSA) is 84.5 Å². The molecule has 0 bridgehead atoms. The number of fused-ring (bicyclic) bond motifs is 1. The number of aldehydes is 1. The second-order valence-electron chi connectivity index (χ2n) is 9.20. The summed E-state index contributed by atoms with van der Waals surface area (Å²) in [6, 6.07) is 4.94. The van der Waals surface area contributed by atoms with Crippen LogP contribution in [-0.4, -0.2) is 54.9 Å². The second-order valence-corrected chi connectivity index (χ2v) is 10.4. The molecule has 0 aromatic carbocycles. The molecule has 1 aliphatic rings. The van der Waals surface area contributed by atoms with Crippen molar-refractivity contribution in [3.8, 4) is 0 Å².